The Hall–Kier alpha value is -1.94. The molecule has 1 aromatic carbocycles. The summed E-state index contributed by atoms with van der Waals surface area (Å²) in [5.41, 5.74) is 4.49. The van der Waals surface area contributed by atoms with Crippen LogP contribution < -0.4 is 4.90 Å². The van der Waals surface area contributed by atoms with Crippen LogP contribution in [-0.4, -0.2) is 15.3 Å². The molecule has 2 aliphatic rings. The van der Waals surface area contributed by atoms with Crippen LogP contribution in [0.4, 0.5) is 11.4 Å². The molecule has 0 aliphatic carbocycles. The molecule has 0 amide bonds. The first kappa shape index (κ1) is 13.7. The number of hydrogen-bond acceptors (Lipinski definition) is 4. The van der Waals surface area contributed by atoms with E-state index in [1.807, 2.05) is 30.9 Å². The van der Waals surface area contributed by atoms with Gasteiger partial charge in [0.1, 0.15) is 11.9 Å². The number of anilines is 2. The summed E-state index contributed by atoms with van der Waals surface area (Å²) >= 11 is 6.54. The summed E-state index contributed by atoms with van der Waals surface area (Å²) in [5.74, 6) is 0. The SMILES string of the molecule is CC1(C)N=C(Cl)N2c3ccccc3C(C)(C)c3ncnc1c32. The standard InChI is InChI=1S/C17H17ClN4/c1-16(2)10-7-5-6-8-11(10)22-12-13(16)19-9-20-14(12)17(3,4)21-15(22)18/h5-9H,1-4H3. The first-order valence-corrected chi connectivity index (χ1v) is 7.73. The molecule has 22 heavy (non-hydrogen) atoms. The summed E-state index contributed by atoms with van der Waals surface area (Å²) < 4.78 is 0. The van der Waals surface area contributed by atoms with Crippen LogP contribution in [-0.2, 0) is 11.0 Å². The maximum Gasteiger partial charge on any atom is 0.204 e. The molecular weight excluding hydrogens is 296 g/mol. The van der Waals surface area contributed by atoms with Gasteiger partial charge in [-0.05, 0) is 50.9 Å². The van der Waals surface area contributed by atoms with Crippen LogP contribution in [0, 0.1) is 0 Å². The van der Waals surface area contributed by atoms with Crippen molar-refractivity contribution in [3.05, 3.63) is 47.5 Å². The minimum Gasteiger partial charge on any atom is -0.281 e. The Labute approximate surface area is 134 Å². The highest BCUT2D eigenvalue weighted by Crippen LogP contribution is 2.52. The van der Waals surface area contributed by atoms with Crippen LogP contribution in [0.15, 0.2) is 35.6 Å². The third-order valence-corrected chi connectivity index (χ3v) is 4.85. The number of amidine groups is 1. The van der Waals surface area contributed by atoms with Gasteiger partial charge in [-0.3, -0.25) is 4.90 Å². The molecule has 0 bridgehead atoms. The van der Waals surface area contributed by atoms with Gasteiger partial charge in [0.2, 0.25) is 5.29 Å². The van der Waals surface area contributed by atoms with Crippen molar-refractivity contribution in [2.75, 3.05) is 4.90 Å². The molecule has 0 radical (unpaired) electrons. The molecule has 5 heteroatoms. The minimum absolute atomic E-state index is 0.204. The Morgan fingerprint density at radius 3 is 2.45 bits per heavy atom. The Bertz CT molecular complexity index is 823. The van der Waals surface area contributed by atoms with Crippen molar-refractivity contribution in [3.63, 3.8) is 0 Å². The van der Waals surface area contributed by atoms with Crippen LogP contribution in [0.1, 0.15) is 44.6 Å². The zero-order valence-electron chi connectivity index (χ0n) is 13.1. The van der Waals surface area contributed by atoms with Crippen molar-refractivity contribution in [1.29, 1.82) is 0 Å². The van der Waals surface area contributed by atoms with Crippen LogP contribution in [0.2, 0.25) is 0 Å². The van der Waals surface area contributed by atoms with Gasteiger partial charge in [-0.25, -0.2) is 15.0 Å². The molecule has 0 N–H and O–H groups in total. The molecule has 0 fully saturated rings. The van der Waals surface area contributed by atoms with Gasteiger partial charge in [0.15, 0.2) is 0 Å². The van der Waals surface area contributed by atoms with Crippen LogP contribution in [0.3, 0.4) is 0 Å². The maximum atomic E-state index is 6.54. The van der Waals surface area contributed by atoms with Gasteiger partial charge >= 0.3 is 0 Å². The molecular formula is C17H17ClN4. The van der Waals surface area contributed by atoms with E-state index in [0.717, 1.165) is 22.8 Å². The van der Waals surface area contributed by atoms with Crippen LogP contribution >= 0.6 is 11.6 Å². The Kier molecular flexibility index (Phi) is 2.54. The highest BCUT2D eigenvalue weighted by molar-refractivity contribution is 6.69. The number of fused-ring (bicyclic) bond motifs is 2. The van der Waals surface area contributed by atoms with Gasteiger partial charge in [-0.15, -0.1) is 0 Å². The second kappa shape index (κ2) is 4.07. The zero-order valence-corrected chi connectivity index (χ0v) is 13.8. The van der Waals surface area contributed by atoms with E-state index >= 15 is 0 Å². The number of para-hydroxylation sites is 1. The average Bonchev–Trinajstić information content (AvgIpc) is 2.46. The summed E-state index contributed by atoms with van der Waals surface area (Å²) in [5, 5.41) is 0.469. The molecule has 112 valence electrons. The second-order valence-corrected chi connectivity index (χ2v) is 7.17. The fraction of sp³-hybridized carbons (Fsp3) is 0.353. The normalized spacial score (nSPS) is 20.0. The zero-order chi connectivity index (χ0) is 15.7. The van der Waals surface area contributed by atoms with E-state index in [-0.39, 0.29) is 5.41 Å². The van der Waals surface area contributed by atoms with E-state index in [1.165, 1.54) is 5.56 Å². The number of nitrogens with zero attached hydrogens (tertiary/aromatic N) is 4. The number of halogens is 1. The highest BCUT2D eigenvalue weighted by atomic mass is 35.5. The monoisotopic (exact) mass is 312 g/mol. The van der Waals surface area contributed by atoms with Crippen LogP contribution in [0.25, 0.3) is 0 Å². The molecule has 0 saturated heterocycles. The van der Waals surface area contributed by atoms with E-state index in [2.05, 4.69) is 40.9 Å². The molecule has 0 unspecified atom stereocenters. The van der Waals surface area contributed by atoms with Gasteiger partial charge in [0.25, 0.3) is 0 Å². The summed E-state index contributed by atoms with van der Waals surface area (Å²) in [4.78, 5) is 15.7. The molecule has 1 aromatic heterocycles. The molecule has 3 heterocycles. The largest absolute Gasteiger partial charge is 0.281 e. The van der Waals surface area contributed by atoms with Crippen molar-refractivity contribution < 1.29 is 0 Å². The number of hydrogen-bond donors (Lipinski definition) is 0. The second-order valence-electron chi connectivity index (χ2n) is 6.84. The van der Waals surface area contributed by atoms with Crippen LogP contribution in [0.5, 0.6) is 0 Å². The average molecular weight is 313 g/mol. The van der Waals surface area contributed by atoms with Crippen molar-refractivity contribution >= 4 is 28.3 Å². The lowest BCUT2D eigenvalue weighted by Crippen LogP contribution is -2.42. The first-order chi connectivity index (χ1) is 10.3. The van der Waals surface area contributed by atoms with Gasteiger partial charge in [-0.2, -0.15) is 0 Å². The summed E-state index contributed by atoms with van der Waals surface area (Å²) in [6, 6.07) is 8.27. The Morgan fingerprint density at radius 1 is 1.00 bits per heavy atom. The van der Waals surface area contributed by atoms with Gasteiger partial charge in [0.05, 0.1) is 22.8 Å². The third kappa shape index (κ3) is 1.56. The number of rotatable bonds is 0. The molecule has 0 saturated carbocycles. The van der Waals surface area contributed by atoms with E-state index < -0.39 is 5.54 Å². The molecule has 0 atom stereocenters. The van der Waals surface area contributed by atoms with Crippen molar-refractivity contribution in [3.8, 4) is 0 Å². The summed E-state index contributed by atoms with van der Waals surface area (Å²) in [6.07, 6.45) is 1.64. The lowest BCUT2D eigenvalue weighted by Gasteiger charge is -2.44. The number of aliphatic imine (C=N–C) groups is 1. The topological polar surface area (TPSA) is 41.4 Å². The number of benzene rings is 1. The Balaban J connectivity index is 2.15. The van der Waals surface area contributed by atoms with Crippen molar-refractivity contribution in [1.82, 2.24) is 9.97 Å². The molecule has 4 nitrogen and oxygen atoms in total. The predicted octanol–water partition coefficient (Wildman–Crippen LogP) is 4.10. The van der Waals surface area contributed by atoms with Gasteiger partial charge in [0, 0.05) is 5.41 Å². The molecule has 0 spiro atoms. The maximum absolute atomic E-state index is 6.54. The van der Waals surface area contributed by atoms with Crippen molar-refractivity contribution in [2.45, 2.75) is 38.6 Å². The quantitative estimate of drug-likeness (QED) is 0.688. The lowest BCUT2D eigenvalue weighted by molar-refractivity contribution is 0.518. The van der Waals surface area contributed by atoms with E-state index in [4.69, 9.17) is 11.6 Å². The fourth-order valence-corrected chi connectivity index (χ4v) is 3.85. The third-order valence-electron chi connectivity index (χ3n) is 4.59. The smallest absolute Gasteiger partial charge is 0.204 e. The number of aromatic nitrogens is 2. The Morgan fingerprint density at radius 2 is 1.68 bits per heavy atom. The van der Waals surface area contributed by atoms with E-state index in [0.29, 0.717) is 5.29 Å². The first-order valence-electron chi connectivity index (χ1n) is 7.35. The lowest BCUT2D eigenvalue weighted by atomic mass is 9.75. The summed E-state index contributed by atoms with van der Waals surface area (Å²) in [7, 11) is 0. The fourth-order valence-electron chi connectivity index (χ4n) is 3.47. The van der Waals surface area contributed by atoms with E-state index in [1.54, 1.807) is 6.33 Å². The van der Waals surface area contributed by atoms with Gasteiger partial charge < -0.3 is 0 Å². The summed E-state index contributed by atoms with van der Waals surface area (Å²) in [6.45, 7) is 8.45. The molecule has 4 rings (SSSR count). The van der Waals surface area contributed by atoms with Gasteiger partial charge in [-0.1, -0.05) is 18.2 Å². The molecule has 2 aliphatic heterocycles. The predicted molar refractivity (Wildman–Crippen MR) is 89.1 cm³/mol. The highest BCUT2D eigenvalue weighted by Gasteiger charge is 2.45. The van der Waals surface area contributed by atoms with E-state index in [9.17, 15) is 0 Å². The molecule has 2 aromatic rings. The minimum atomic E-state index is -0.455. The van der Waals surface area contributed by atoms with Crippen molar-refractivity contribution in [2.24, 2.45) is 4.99 Å².